The average molecular weight is 259 g/mol. The Hall–Kier alpha value is -2.36. The monoisotopic (exact) mass is 259 g/mol. The highest BCUT2D eigenvalue weighted by atomic mass is 19.1. The highest BCUT2D eigenvalue weighted by Gasteiger charge is 2.12. The van der Waals surface area contributed by atoms with Gasteiger partial charge in [0.2, 0.25) is 0 Å². The van der Waals surface area contributed by atoms with Gasteiger partial charge < -0.3 is 10.4 Å². The van der Waals surface area contributed by atoms with Gasteiger partial charge in [0.05, 0.1) is 5.56 Å². The second-order valence-corrected chi connectivity index (χ2v) is 4.43. The number of carbonyl (C=O) groups is 1. The van der Waals surface area contributed by atoms with Crippen LogP contribution in [-0.4, -0.2) is 11.0 Å². The van der Waals surface area contributed by atoms with E-state index in [4.69, 9.17) is 0 Å². The maximum absolute atomic E-state index is 13.1. The number of carbonyl (C=O) groups excluding carboxylic acids is 1. The number of phenolic OH excluding ortho intramolecular Hbond substituents is 1. The molecule has 0 aromatic heterocycles. The summed E-state index contributed by atoms with van der Waals surface area (Å²) in [6.45, 7) is 3.59. The third-order valence-corrected chi connectivity index (χ3v) is 2.85. The van der Waals surface area contributed by atoms with E-state index in [-0.39, 0.29) is 11.3 Å². The van der Waals surface area contributed by atoms with Gasteiger partial charge in [0.25, 0.3) is 5.91 Å². The van der Waals surface area contributed by atoms with Gasteiger partial charge in [-0.25, -0.2) is 4.39 Å². The van der Waals surface area contributed by atoms with Crippen LogP contribution in [0.3, 0.4) is 0 Å². The molecule has 0 bridgehead atoms. The molecule has 3 nitrogen and oxygen atoms in total. The number of benzene rings is 2. The van der Waals surface area contributed by atoms with Crippen LogP contribution in [0, 0.1) is 19.7 Å². The van der Waals surface area contributed by atoms with Gasteiger partial charge in [0.15, 0.2) is 0 Å². The molecule has 2 aromatic rings. The molecular weight excluding hydrogens is 245 g/mol. The smallest absolute Gasteiger partial charge is 0.259 e. The summed E-state index contributed by atoms with van der Waals surface area (Å²) in [5.74, 6) is -0.980. The fourth-order valence-electron chi connectivity index (χ4n) is 1.75. The summed E-state index contributed by atoms with van der Waals surface area (Å²) in [6, 6.07) is 8.93. The lowest BCUT2D eigenvalue weighted by atomic mass is 10.1. The van der Waals surface area contributed by atoms with Gasteiger partial charge in [0.1, 0.15) is 11.6 Å². The summed E-state index contributed by atoms with van der Waals surface area (Å²) >= 11 is 0. The van der Waals surface area contributed by atoms with Crippen molar-refractivity contribution in [2.45, 2.75) is 13.8 Å². The van der Waals surface area contributed by atoms with E-state index in [0.717, 1.165) is 11.1 Å². The number of hydrogen-bond donors (Lipinski definition) is 2. The number of aromatic hydroxyl groups is 1. The number of hydrogen-bond acceptors (Lipinski definition) is 2. The van der Waals surface area contributed by atoms with E-state index in [2.05, 4.69) is 5.32 Å². The Labute approximate surface area is 110 Å². The van der Waals surface area contributed by atoms with E-state index in [9.17, 15) is 14.3 Å². The van der Waals surface area contributed by atoms with Crippen molar-refractivity contribution in [2.24, 2.45) is 0 Å². The number of halogens is 1. The highest BCUT2D eigenvalue weighted by Crippen LogP contribution is 2.22. The fraction of sp³-hybridized carbons (Fsp3) is 0.133. The minimum Gasteiger partial charge on any atom is -0.507 e. The normalized spacial score (nSPS) is 10.3. The SMILES string of the molecule is Cc1ccc(C(=O)Nc2cc(F)ccc2C)c(O)c1. The van der Waals surface area contributed by atoms with Gasteiger partial charge in [-0.2, -0.15) is 0 Å². The molecule has 2 N–H and O–H groups in total. The first kappa shape index (κ1) is 13.1. The van der Waals surface area contributed by atoms with E-state index in [1.807, 2.05) is 6.92 Å². The number of phenols is 1. The minimum atomic E-state index is -0.466. The molecule has 0 spiro atoms. The summed E-state index contributed by atoms with van der Waals surface area (Å²) in [5, 5.41) is 12.3. The molecule has 19 heavy (non-hydrogen) atoms. The van der Waals surface area contributed by atoms with Crippen LogP contribution >= 0.6 is 0 Å². The topological polar surface area (TPSA) is 49.3 Å². The van der Waals surface area contributed by atoms with Gasteiger partial charge >= 0.3 is 0 Å². The number of amides is 1. The van der Waals surface area contributed by atoms with Crippen LogP contribution < -0.4 is 5.32 Å². The maximum atomic E-state index is 13.1. The molecule has 0 unspecified atom stereocenters. The van der Waals surface area contributed by atoms with Crippen LogP contribution in [-0.2, 0) is 0 Å². The van der Waals surface area contributed by atoms with Crippen molar-refractivity contribution >= 4 is 11.6 Å². The first-order valence-corrected chi connectivity index (χ1v) is 5.84. The molecule has 0 aliphatic heterocycles. The van der Waals surface area contributed by atoms with Crippen LogP contribution in [0.25, 0.3) is 0 Å². The molecule has 0 heterocycles. The molecule has 0 fully saturated rings. The van der Waals surface area contributed by atoms with Crippen LogP contribution in [0.5, 0.6) is 5.75 Å². The predicted octanol–water partition coefficient (Wildman–Crippen LogP) is 3.40. The lowest BCUT2D eigenvalue weighted by Crippen LogP contribution is -2.13. The fourth-order valence-corrected chi connectivity index (χ4v) is 1.75. The van der Waals surface area contributed by atoms with Crippen molar-refractivity contribution < 1.29 is 14.3 Å². The van der Waals surface area contributed by atoms with Crippen LogP contribution in [0.15, 0.2) is 36.4 Å². The summed E-state index contributed by atoms with van der Waals surface area (Å²) in [7, 11) is 0. The van der Waals surface area contributed by atoms with Gasteiger partial charge in [0, 0.05) is 5.69 Å². The summed E-state index contributed by atoms with van der Waals surface area (Å²) in [5.41, 5.74) is 2.16. The van der Waals surface area contributed by atoms with Gasteiger partial charge in [-0.05, 0) is 49.2 Å². The average Bonchev–Trinajstić information content (AvgIpc) is 2.33. The highest BCUT2D eigenvalue weighted by molar-refractivity contribution is 6.06. The number of rotatable bonds is 2. The number of nitrogens with one attached hydrogen (secondary N) is 1. The summed E-state index contributed by atoms with van der Waals surface area (Å²) in [6.07, 6.45) is 0. The third-order valence-electron chi connectivity index (χ3n) is 2.85. The van der Waals surface area contributed by atoms with Gasteiger partial charge in [-0.15, -0.1) is 0 Å². The van der Waals surface area contributed by atoms with Crippen molar-refractivity contribution in [1.29, 1.82) is 0 Å². The Morgan fingerprint density at radius 3 is 2.58 bits per heavy atom. The van der Waals surface area contributed by atoms with E-state index >= 15 is 0 Å². The van der Waals surface area contributed by atoms with Crippen molar-refractivity contribution in [2.75, 3.05) is 5.32 Å². The van der Waals surface area contributed by atoms with Crippen LogP contribution in [0.4, 0.5) is 10.1 Å². The summed E-state index contributed by atoms with van der Waals surface area (Å²) in [4.78, 5) is 12.0. The lowest BCUT2D eigenvalue weighted by Gasteiger charge is -2.10. The first-order chi connectivity index (χ1) is 8.97. The van der Waals surface area contributed by atoms with Crippen molar-refractivity contribution in [1.82, 2.24) is 0 Å². The zero-order chi connectivity index (χ0) is 14.0. The Morgan fingerprint density at radius 2 is 1.89 bits per heavy atom. The molecule has 0 saturated carbocycles. The quantitative estimate of drug-likeness (QED) is 0.868. The zero-order valence-electron chi connectivity index (χ0n) is 10.7. The van der Waals surface area contributed by atoms with E-state index < -0.39 is 11.7 Å². The third kappa shape index (κ3) is 2.91. The summed E-state index contributed by atoms with van der Waals surface area (Å²) < 4.78 is 13.1. The minimum absolute atomic E-state index is 0.0912. The van der Waals surface area contributed by atoms with E-state index in [1.54, 1.807) is 19.1 Å². The molecule has 0 atom stereocenters. The number of aryl methyl sites for hydroxylation is 2. The second-order valence-electron chi connectivity index (χ2n) is 4.43. The molecule has 98 valence electrons. The second kappa shape index (κ2) is 5.10. The largest absolute Gasteiger partial charge is 0.507 e. The molecule has 4 heteroatoms. The lowest BCUT2D eigenvalue weighted by molar-refractivity contribution is 0.102. The molecule has 0 aliphatic carbocycles. The number of anilines is 1. The Kier molecular flexibility index (Phi) is 3.51. The van der Waals surface area contributed by atoms with Crippen LogP contribution in [0.2, 0.25) is 0 Å². The van der Waals surface area contributed by atoms with Gasteiger partial charge in [-0.3, -0.25) is 4.79 Å². The first-order valence-electron chi connectivity index (χ1n) is 5.84. The molecule has 0 aliphatic rings. The Morgan fingerprint density at radius 1 is 1.16 bits per heavy atom. The van der Waals surface area contributed by atoms with Crippen molar-refractivity contribution in [3.8, 4) is 5.75 Å². The Balaban J connectivity index is 2.28. The Bertz CT molecular complexity index is 638. The maximum Gasteiger partial charge on any atom is 0.259 e. The molecular formula is C15H14FNO2. The standard InChI is InChI=1S/C15H14FNO2/c1-9-3-6-12(14(18)7-9)15(19)17-13-8-11(16)5-4-10(13)2/h3-8,18H,1-2H3,(H,17,19). The van der Waals surface area contributed by atoms with Crippen LogP contribution in [0.1, 0.15) is 21.5 Å². The molecule has 1 amide bonds. The molecule has 0 saturated heterocycles. The van der Waals surface area contributed by atoms with E-state index in [1.165, 1.54) is 24.3 Å². The zero-order valence-corrected chi connectivity index (χ0v) is 10.7. The molecule has 2 rings (SSSR count). The molecule has 0 radical (unpaired) electrons. The van der Waals surface area contributed by atoms with Crippen molar-refractivity contribution in [3.05, 3.63) is 58.9 Å². The van der Waals surface area contributed by atoms with Crippen molar-refractivity contribution in [3.63, 3.8) is 0 Å². The van der Waals surface area contributed by atoms with E-state index in [0.29, 0.717) is 5.69 Å². The molecule has 2 aromatic carbocycles. The van der Waals surface area contributed by atoms with Gasteiger partial charge in [-0.1, -0.05) is 12.1 Å². The predicted molar refractivity (Wildman–Crippen MR) is 71.9 cm³/mol.